The molecule has 4 atom stereocenters. The third-order valence-corrected chi connectivity index (χ3v) is 3.49. The summed E-state index contributed by atoms with van der Waals surface area (Å²) in [5, 5.41) is 9.15. The molecule has 0 fully saturated rings. The third kappa shape index (κ3) is 13.2. The van der Waals surface area contributed by atoms with Crippen LogP contribution in [0.25, 0.3) is 0 Å². The molecule has 0 aromatic carbocycles. The van der Waals surface area contributed by atoms with Crippen molar-refractivity contribution in [3.8, 4) is 0 Å². The second-order valence-corrected chi connectivity index (χ2v) is 6.09. The van der Waals surface area contributed by atoms with Gasteiger partial charge in [-0.05, 0) is 33.1 Å². The average molecular weight is 304 g/mol. The fourth-order valence-corrected chi connectivity index (χ4v) is 2.00. The van der Waals surface area contributed by atoms with Crippen LogP contribution in [-0.4, -0.2) is 49.8 Å². The summed E-state index contributed by atoms with van der Waals surface area (Å²) in [4.78, 5) is 0. The van der Waals surface area contributed by atoms with Gasteiger partial charge >= 0.3 is 0 Å². The van der Waals surface area contributed by atoms with Crippen molar-refractivity contribution in [3.05, 3.63) is 0 Å². The highest BCUT2D eigenvalue weighted by Crippen LogP contribution is 2.13. The van der Waals surface area contributed by atoms with Gasteiger partial charge in [-0.3, -0.25) is 0 Å². The number of hydrogen-bond donors (Lipinski definition) is 1. The lowest BCUT2D eigenvalue weighted by molar-refractivity contribution is -0.0726. The predicted molar refractivity (Wildman–Crippen MR) is 86.6 cm³/mol. The first-order valence-electron chi connectivity index (χ1n) is 8.48. The van der Waals surface area contributed by atoms with E-state index in [-0.39, 0.29) is 12.2 Å². The number of ether oxygens (including phenoxy) is 3. The summed E-state index contributed by atoms with van der Waals surface area (Å²) in [6.07, 6.45) is 4.61. The molecule has 0 saturated heterocycles. The van der Waals surface area contributed by atoms with Gasteiger partial charge in [-0.15, -0.1) is 0 Å². The Morgan fingerprint density at radius 3 is 2.05 bits per heavy atom. The zero-order valence-corrected chi connectivity index (χ0v) is 14.6. The summed E-state index contributed by atoms with van der Waals surface area (Å²) < 4.78 is 16.9. The number of aliphatic hydroxyl groups is 1. The van der Waals surface area contributed by atoms with Crippen LogP contribution in [0.1, 0.15) is 60.3 Å². The van der Waals surface area contributed by atoms with Gasteiger partial charge in [-0.1, -0.05) is 33.1 Å². The molecule has 128 valence electrons. The molecule has 0 aromatic heterocycles. The number of unbranched alkanes of at least 4 members (excludes halogenated alkanes) is 1. The van der Waals surface area contributed by atoms with Crippen LogP contribution in [0, 0.1) is 5.92 Å². The maximum atomic E-state index is 9.15. The van der Waals surface area contributed by atoms with Gasteiger partial charge in [0.05, 0.1) is 38.1 Å². The van der Waals surface area contributed by atoms with E-state index in [0.717, 1.165) is 6.61 Å². The molecule has 0 aromatic rings. The summed E-state index contributed by atoms with van der Waals surface area (Å²) in [5.74, 6) is 0.672. The van der Waals surface area contributed by atoms with E-state index in [1.807, 2.05) is 13.8 Å². The lowest BCUT2D eigenvalue weighted by atomic mass is 10.0. The Balaban J connectivity index is 3.62. The predicted octanol–water partition coefficient (Wildman–Crippen LogP) is 3.41. The Hall–Kier alpha value is -0.160. The monoisotopic (exact) mass is 304 g/mol. The summed E-state index contributed by atoms with van der Waals surface area (Å²) in [6, 6.07) is 0. The Morgan fingerprint density at radius 1 is 0.857 bits per heavy atom. The summed E-state index contributed by atoms with van der Waals surface area (Å²) in [6.45, 7) is 12.5. The highest BCUT2D eigenvalue weighted by atomic mass is 16.6. The Morgan fingerprint density at radius 2 is 1.48 bits per heavy atom. The highest BCUT2D eigenvalue weighted by molar-refractivity contribution is 4.58. The summed E-state index contributed by atoms with van der Waals surface area (Å²) in [7, 11) is 0. The van der Waals surface area contributed by atoms with Crippen molar-refractivity contribution < 1.29 is 19.3 Å². The lowest BCUT2D eigenvalue weighted by Crippen LogP contribution is -2.26. The molecule has 0 spiro atoms. The van der Waals surface area contributed by atoms with Crippen molar-refractivity contribution in [2.24, 2.45) is 5.92 Å². The van der Waals surface area contributed by atoms with Crippen LogP contribution in [0.15, 0.2) is 0 Å². The molecule has 0 amide bonds. The SMILES string of the molecule is CCCCC(CC)COCC(C)OCC(C)OCC(C)O. The fourth-order valence-electron chi connectivity index (χ4n) is 2.00. The fraction of sp³-hybridized carbons (Fsp3) is 1.00. The van der Waals surface area contributed by atoms with Crippen LogP contribution in [0.3, 0.4) is 0 Å². The standard InChI is InChI=1S/C17H36O4/c1-6-8-9-17(7-2)13-19-11-15(4)21-12-16(5)20-10-14(3)18/h14-18H,6-13H2,1-5H3. The molecule has 0 radical (unpaired) electrons. The quantitative estimate of drug-likeness (QED) is 0.534. The molecule has 21 heavy (non-hydrogen) atoms. The van der Waals surface area contributed by atoms with Crippen molar-refractivity contribution in [3.63, 3.8) is 0 Å². The number of hydrogen-bond acceptors (Lipinski definition) is 4. The van der Waals surface area contributed by atoms with Crippen molar-refractivity contribution >= 4 is 0 Å². The molecule has 0 rings (SSSR count). The van der Waals surface area contributed by atoms with Crippen LogP contribution in [0.4, 0.5) is 0 Å². The average Bonchev–Trinajstić information content (AvgIpc) is 2.46. The van der Waals surface area contributed by atoms with E-state index in [9.17, 15) is 0 Å². The van der Waals surface area contributed by atoms with E-state index in [1.54, 1.807) is 6.92 Å². The highest BCUT2D eigenvalue weighted by Gasteiger charge is 2.10. The minimum Gasteiger partial charge on any atom is -0.391 e. The van der Waals surface area contributed by atoms with Gasteiger partial charge in [0.15, 0.2) is 0 Å². The van der Waals surface area contributed by atoms with E-state index in [2.05, 4.69) is 13.8 Å². The minimum absolute atomic E-state index is 0.00463. The van der Waals surface area contributed by atoms with Gasteiger partial charge in [0, 0.05) is 6.61 Å². The molecule has 0 saturated carbocycles. The second kappa shape index (κ2) is 13.5. The molecule has 0 aliphatic rings. The van der Waals surface area contributed by atoms with Gasteiger partial charge in [-0.2, -0.15) is 0 Å². The van der Waals surface area contributed by atoms with Gasteiger partial charge in [-0.25, -0.2) is 0 Å². The van der Waals surface area contributed by atoms with Crippen LogP contribution in [0.2, 0.25) is 0 Å². The maximum Gasteiger partial charge on any atom is 0.0781 e. The van der Waals surface area contributed by atoms with Gasteiger partial charge < -0.3 is 19.3 Å². The largest absolute Gasteiger partial charge is 0.391 e. The normalized spacial score (nSPS) is 17.4. The maximum absolute atomic E-state index is 9.15. The molecule has 0 heterocycles. The van der Waals surface area contributed by atoms with E-state index in [4.69, 9.17) is 19.3 Å². The first-order valence-corrected chi connectivity index (χ1v) is 8.48. The first kappa shape index (κ1) is 20.8. The molecular weight excluding hydrogens is 268 g/mol. The molecule has 4 unspecified atom stereocenters. The van der Waals surface area contributed by atoms with Crippen LogP contribution in [0.5, 0.6) is 0 Å². The molecule has 0 bridgehead atoms. The molecule has 0 aliphatic carbocycles. The molecular formula is C17H36O4. The van der Waals surface area contributed by atoms with E-state index >= 15 is 0 Å². The van der Waals surface area contributed by atoms with Crippen LogP contribution < -0.4 is 0 Å². The summed E-state index contributed by atoms with van der Waals surface area (Å²) in [5.41, 5.74) is 0. The van der Waals surface area contributed by atoms with Crippen molar-refractivity contribution in [1.29, 1.82) is 0 Å². The van der Waals surface area contributed by atoms with Crippen LogP contribution >= 0.6 is 0 Å². The molecule has 4 heteroatoms. The van der Waals surface area contributed by atoms with E-state index < -0.39 is 6.10 Å². The number of rotatable bonds is 14. The summed E-state index contributed by atoms with van der Waals surface area (Å²) >= 11 is 0. The van der Waals surface area contributed by atoms with Gasteiger partial charge in [0.2, 0.25) is 0 Å². The Labute approximate surface area is 131 Å². The zero-order valence-electron chi connectivity index (χ0n) is 14.6. The van der Waals surface area contributed by atoms with Gasteiger partial charge in [0.25, 0.3) is 0 Å². The smallest absolute Gasteiger partial charge is 0.0781 e. The zero-order chi connectivity index (χ0) is 16.1. The topological polar surface area (TPSA) is 47.9 Å². The van der Waals surface area contributed by atoms with Crippen LogP contribution in [-0.2, 0) is 14.2 Å². The van der Waals surface area contributed by atoms with E-state index in [1.165, 1.54) is 25.7 Å². The Kier molecular flexibility index (Phi) is 13.4. The van der Waals surface area contributed by atoms with Crippen molar-refractivity contribution in [1.82, 2.24) is 0 Å². The van der Waals surface area contributed by atoms with Crippen molar-refractivity contribution in [2.75, 3.05) is 26.4 Å². The van der Waals surface area contributed by atoms with E-state index in [0.29, 0.717) is 25.7 Å². The Bertz CT molecular complexity index is 221. The molecule has 4 nitrogen and oxygen atoms in total. The molecule has 0 aliphatic heterocycles. The second-order valence-electron chi connectivity index (χ2n) is 6.09. The molecule has 1 N–H and O–H groups in total. The first-order chi connectivity index (χ1) is 9.99. The third-order valence-electron chi connectivity index (χ3n) is 3.49. The lowest BCUT2D eigenvalue weighted by Gasteiger charge is -2.20. The van der Waals surface area contributed by atoms with Crippen molar-refractivity contribution in [2.45, 2.75) is 78.6 Å². The number of aliphatic hydroxyl groups excluding tert-OH is 1. The van der Waals surface area contributed by atoms with Gasteiger partial charge in [0.1, 0.15) is 0 Å². The minimum atomic E-state index is -0.428.